The Bertz CT molecular complexity index is 1050. The van der Waals surface area contributed by atoms with E-state index in [4.69, 9.17) is 13.9 Å². The Hall–Kier alpha value is -2.82. The first-order chi connectivity index (χ1) is 14.0. The zero-order chi connectivity index (χ0) is 20.5. The first kappa shape index (κ1) is 19.5. The van der Waals surface area contributed by atoms with Crippen molar-refractivity contribution < 1.29 is 34.3 Å². The molecule has 3 heterocycles. The summed E-state index contributed by atoms with van der Waals surface area (Å²) in [5, 5.41) is 39.3. The first-order valence-corrected chi connectivity index (χ1v) is 8.93. The van der Waals surface area contributed by atoms with Gasteiger partial charge < -0.3 is 34.3 Å². The summed E-state index contributed by atoms with van der Waals surface area (Å²) in [6, 6.07) is 9.66. The Labute approximate surface area is 164 Å². The third-order valence-corrected chi connectivity index (χ3v) is 4.79. The van der Waals surface area contributed by atoms with E-state index in [0.29, 0.717) is 16.6 Å². The Kier molecular flexibility index (Phi) is 5.31. The van der Waals surface area contributed by atoms with Gasteiger partial charge >= 0.3 is 0 Å². The second kappa shape index (κ2) is 7.90. The van der Waals surface area contributed by atoms with E-state index >= 15 is 0 Å². The van der Waals surface area contributed by atoms with E-state index in [9.17, 15) is 25.2 Å². The van der Waals surface area contributed by atoms with Crippen molar-refractivity contribution >= 4 is 11.0 Å². The third kappa shape index (κ3) is 3.61. The van der Waals surface area contributed by atoms with Crippen molar-refractivity contribution in [2.45, 2.75) is 30.7 Å². The normalized spacial score (nSPS) is 27.1. The van der Waals surface area contributed by atoms with Gasteiger partial charge in [0.2, 0.25) is 11.7 Å². The van der Waals surface area contributed by atoms with Crippen molar-refractivity contribution in [2.24, 2.45) is 0 Å². The molecular formula is C20H19NO8. The molecule has 0 radical (unpaired) electrons. The van der Waals surface area contributed by atoms with Gasteiger partial charge in [0.05, 0.1) is 23.3 Å². The zero-order valence-electron chi connectivity index (χ0n) is 15.1. The minimum Gasteiger partial charge on any atom is -0.463 e. The van der Waals surface area contributed by atoms with Gasteiger partial charge in [-0.3, -0.25) is 9.78 Å². The number of aromatic nitrogens is 1. The van der Waals surface area contributed by atoms with Crippen molar-refractivity contribution in [2.75, 3.05) is 6.61 Å². The molecule has 9 nitrogen and oxygen atoms in total. The van der Waals surface area contributed by atoms with Gasteiger partial charge in [0.25, 0.3) is 0 Å². The number of ether oxygens (including phenoxy) is 2. The summed E-state index contributed by atoms with van der Waals surface area (Å²) >= 11 is 0. The molecule has 3 aromatic rings. The second-order valence-electron chi connectivity index (χ2n) is 6.67. The van der Waals surface area contributed by atoms with Gasteiger partial charge in [-0.1, -0.05) is 6.07 Å². The molecule has 9 heteroatoms. The van der Waals surface area contributed by atoms with Crippen LogP contribution in [0.15, 0.2) is 58.1 Å². The van der Waals surface area contributed by atoms with Crippen molar-refractivity contribution in [3.05, 3.63) is 59.1 Å². The van der Waals surface area contributed by atoms with Gasteiger partial charge in [-0.05, 0) is 24.3 Å². The van der Waals surface area contributed by atoms with E-state index in [1.165, 1.54) is 24.5 Å². The van der Waals surface area contributed by atoms with E-state index in [0.717, 1.165) is 0 Å². The summed E-state index contributed by atoms with van der Waals surface area (Å²) in [7, 11) is 0. The highest BCUT2D eigenvalue weighted by Gasteiger charge is 2.44. The monoisotopic (exact) mass is 401 g/mol. The number of fused-ring (bicyclic) bond motifs is 1. The van der Waals surface area contributed by atoms with Crippen LogP contribution in [0, 0.1) is 0 Å². The highest BCUT2D eigenvalue weighted by atomic mass is 16.7. The van der Waals surface area contributed by atoms with E-state index in [2.05, 4.69) is 4.98 Å². The zero-order valence-corrected chi connectivity index (χ0v) is 15.1. The van der Waals surface area contributed by atoms with Crippen LogP contribution < -0.4 is 10.2 Å². The number of pyridine rings is 1. The van der Waals surface area contributed by atoms with Crippen LogP contribution in [0.3, 0.4) is 0 Å². The molecule has 152 valence electrons. The number of rotatable bonds is 4. The van der Waals surface area contributed by atoms with E-state index in [1.54, 1.807) is 24.4 Å². The van der Waals surface area contributed by atoms with E-state index in [1.807, 2.05) is 0 Å². The van der Waals surface area contributed by atoms with Crippen molar-refractivity contribution in [1.29, 1.82) is 0 Å². The molecule has 0 saturated carbocycles. The summed E-state index contributed by atoms with van der Waals surface area (Å²) in [5.41, 5.74) is 0.798. The van der Waals surface area contributed by atoms with Gasteiger partial charge in [-0.15, -0.1) is 0 Å². The maximum atomic E-state index is 12.7. The van der Waals surface area contributed by atoms with Crippen molar-refractivity contribution in [3.63, 3.8) is 0 Å². The molecule has 29 heavy (non-hydrogen) atoms. The predicted molar refractivity (Wildman–Crippen MR) is 100 cm³/mol. The maximum absolute atomic E-state index is 12.7. The van der Waals surface area contributed by atoms with E-state index in [-0.39, 0.29) is 16.8 Å². The van der Waals surface area contributed by atoms with Crippen LogP contribution in [0.4, 0.5) is 0 Å². The molecule has 1 aromatic carbocycles. The average Bonchev–Trinajstić information content (AvgIpc) is 2.75. The molecule has 0 unspecified atom stereocenters. The third-order valence-electron chi connectivity index (χ3n) is 4.79. The molecule has 1 fully saturated rings. The smallest absolute Gasteiger partial charge is 0.229 e. The molecule has 0 amide bonds. The van der Waals surface area contributed by atoms with Crippen LogP contribution in [0.25, 0.3) is 22.2 Å². The molecule has 2 aromatic heterocycles. The number of nitrogens with zero attached hydrogens (tertiary/aromatic N) is 1. The average molecular weight is 401 g/mol. The Morgan fingerprint density at radius 3 is 2.62 bits per heavy atom. The Balaban J connectivity index is 1.62. The lowest BCUT2D eigenvalue weighted by molar-refractivity contribution is -0.277. The molecule has 0 spiro atoms. The van der Waals surface area contributed by atoms with E-state index < -0.39 is 37.3 Å². The number of hydrogen-bond acceptors (Lipinski definition) is 9. The fourth-order valence-corrected chi connectivity index (χ4v) is 3.18. The lowest BCUT2D eigenvalue weighted by atomic mass is 9.99. The van der Waals surface area contributed by atoms with Crippen LogP contribution in [0.5, 0.6) is 5.75 Å². The minimum atomic E-state index is -1.55. The molecule has 0 aliphatic carbocycles. The predicted octanol–water partition coefficient (Wildman–Crippen LogP) is 0.0337. The van der Waals surface area contributed by atoms with Crippen LogP contribution in [0.2, 0.25) is 0 Å². The van der Waals surface area contributed by atoms with Crippen LogP contribution >= 0.6 is 0 Å². The lowest BCUT2D eigenvalue weighted by Gasteiger charge is -2.39. The summed E-state index contributed by atoms with van der Waals surface area (Å²) in [6.45, 7) is -0.562. The highest BCUT2D eigenvalue weighted by Crippen LogP contribution is 2.27. The topological polar surface area (TPSA) is 142 Å². The van der Waals surface area contributed by atoms with Gasteiger partial charge in [0, 0.05) is 12.3 Å². The summed E-state index contributed by atoms with van der Waals surface area (Å²) in [5.74, 6) is 0.204. The Morgan fingerprint density at radius 1 is 1.07 bits per heavy atom. The minimum absolute atomic E-state index is 0.204. The summed E-state index contributed by atoms with van der Waals surface area (Å²) in [4.78, 5) is 16.9. The molecule has 4 N–H and O–H groups in total. The molecular weight excluding hydrogens is 382 g/mol. The molecule has 0 bridgehead atoms. The number of aliphatic hydroxyl groups is 4. The molecule has 5 atom stereocenters. The van der Waals surface area contributed by atoms with Gasteiger partial charge in [0.1, 0.15) is 42.0 Å². The molecule has 1 aliphatic rings. The second-order valence-corrected chi connectivity index (χ2v) is 6.67. The van der Waals surface area contributed by atoms with Gasteiger partial charge in [-0.2, -0.15) is 0 Å². The molecule has 1 saturated heterocycles. The quantitative estimate of drug-likeness (QED) is 0.476. The number of hydrogen-bond donors (Lipinski definition) is 4. The van der Waals surface area contributed by atoms with Gasteiger partial charge in [-0.25, -0.2) is 0 Å². The summed E-state index contributed by atoms with van der Waals surface area (Å²) < 4.78 is 16.4. The first-order valence-electron chi connectivity index (χ1n) is 8.93. The van der Waals surface area contributed by atoms with Crippen molar-refractivity contribution in [3.8, 4) is 17.0 Å². The van der Waals surface area contributed by atoms with Crippen molar-refractivity contribution in [1.82, 2.24) is 4.98 Å². The molecule has 1 aliphatic heterocycles. The van der Waals surface area contributed by atoms with Crippen LogP contribution in [0.1, 0.15) is 0 Å². The summed E-state index contributed by atoms with van der Waals surface area (Å²) in [6.07, 6.45) is -4.09. The Morgan fingerprint density at radius 2 is 1.90 bits per heavy atom. The fourth-order valence-electron chi connectivity index (χ4n) is 3.18. The van der Waals surface area contributed by atoms with Gasteiger partial charge in [0.15, 0.2) is 0 Å². The van der Waals surface area contributed by atoms with Crippen LogP contribution in [-0.2, 0) is 4.74 Å². The number of benzene rings is 1. The highest BCUT2D eigenvalue weighted by molar-refractivity contribution is 5.81. The largest absolute Gasteiger partial charge is 0.463 e. The number of aliphatic hydroxyl groups excluding tert-OH is 4. The fraction of sp³-hybridized carbons (Fsp3) is 0.300. The lowest BCUT2D eigenvalue weighted by Crippen LogP contribution is -2.60. The molecule has 4 rings (SSSR count). The SMILES string of the molecule is O=c1c(-c2ccccn2)coc2cc(O[C@H]3O[C@@H](CO)[C@@H](O)[C@@H](O)[C@@H]3O)ccc12. The standard InChI is InChI=1S/C20H19NO8/c22-8-15-17(24)18(25)19(26)20(29-15)28-10-4-5-11-14(7-10)27-9-12(16(11)23)13-3-1-2-6-21-13/h1-7,9,15,17-20,22,24-26H,8H2/t15-,17+,18+,19-,20-/m0/s1. The van der Waals surface area contributed by atoms with Crippen LogP contribution in [-0.4, -0.2) is 62.7 Å². The maximum Gasteiger partial charge on any atom is 0.229 e.